The fourth-order valence-corrected chi connectivity index (χ4v) is 5.98. The van der Waals surface area contributed by atoms with Crippen molar-refractivity contribution < 1.29 is 13.2 Å². The Morgan fingerprint density at radius 3 is 2.43 bits per heavy atom. The Morgan fingerprint density at radius 2 is 1.76 bits per heavy atom. The van der Waals surface area contributed by atoms with Gasteiger partial charge in [0.2, 0.25) is 15.8 Å². The molecule has 1 aromatic carbocycles. The summed E-state index contributed by atoms with van der Waals surface area (Å²) in [5.74, 6) is 2.40. The number of fused-ring (bicyclic) bond motifs is 1. The maximum Gasteiger partial charge on any atom is 0.256 e. The van der Waals surface area contributed by atoms with Crippen LogP contribution in [0.4, 0.5) is 17.3 Å². The number of imidazole rings is 1. The standard InChI is InChI=1S/C25H30ClN7O3S/c1-37(35,36)29-19-8-7-17(26)14-18(19)24(34)32-13-3-2-6-21(32)20-16-33-23(31-11-5-12-31)15-22(28-25(33)27-20)30-9-4-10-30/h7-8,14-16,21,29H,2-6,9-13H2,1H3. The Bertz CT molecular complexity index is 1470. The number of nitrogens with one attached hydrogen (secondary N) is 1. The van der Waals surface area contributed by atoms with E-state index in [4.69, 9.17) is 21.6 Å². The lowest BCUT2D eigenvalue weighted by Gasteiger charge is -2.36. The number of carbonyl (C=O) groups is 1. The summed E-state index contributed by atoms with van der Waals surface area (Å²) in [5.41, 5.74) is 1.24. The van der Waals surface area contributed by atoms with E-state index < -0.39 is 10.0 Å². The van der Waals surface area contributed by atoms with E-state index in [1.165, 1.54) is 25.0 Å². The van der Waals surface area contributed by atoms with Gasteiger partial charge in [-0.25, -0.2) is 13.4 Å². The number of hydrogen-bond donors (Lipinski definition) is 1. The number of rotatable bonds is 6. The second-order valence-electron chi connectivity index (χ2n) is 10.1. The molecular weight excluding hydrogens is 514 g/mol. The topological polar surface area (TPSA) is 103 Å². The lowest BCUT2D eigenvalue weighted by atomic mass is 9.98. The predicted molar refractivity (Wildman–Crippen MR) is 144 cm³/mol. The van der Waals surface area contributed by atoms with Crippen LogP contribution in [0.1, 0.15) is 54.2 Å². The third kappa shape index (κ3) is 4.70. The molecule has 1 N–H and O–H groups in total. The second kappa shape index (κ2) is 9.36. The zero-order chi connectivity index (χ0) is 25.7. The van der Waals surface area contributed by atoms with Crippen LogP contribution in [0, 0.1) is 0 Å². The first-order valence-corrected chi connectivity index (χ1v) is 15.0. The molecule has 0 bridgehead atoms. The number of hydrogen-bond acceptors (Lipinski definition) is 7. The molecule has 0 saturated carbocycles. The molecule has 3 aromatic rings. The smallest absolute Gasteiger partial charge is 0.256 e. The highest BCUT2D eigenvalue weighted by atomic mass is 35.5. The van der Waals surface area contributed by atoms with Gasteiger partial charge < -0.3 is 14.7 Å². The van der Waals surface area contributed by atoms with Gasteiger partial charge in [-0.1, -0.05) is 11.6 Å². The lowest BCUT2D eigenvalue weighted by Crippen LogP contribution is -2.40. The molecular formula is C25H30ClN7O3S. The monoisotopic (exact) mass is 543 g/mol. The summed E-state index contributed by atoms with van der Waals surface area (Å²) >= 11 is 6.22. The maximum atomic E-state index is 13.8. The van der Waals surface area contributed by atoms with Crippen molar-refractivity contribution in [3.8, 4) is 0 Å². The Balaban J connectivity index is 1.38. The lowest BCUT2D eigenvalue weighted by molar-refractivity contribution is 0.0608. The highest BCUT2D eigenvalue weighted by molar-refractivity contribution is 7.92. The summed E-state index contributed by atoms with van der Waals surface area (Å²) in [5, 5.41) is 0.366. The molecule has 0 radical (unpaired) electrons. The third-order valence-corrected chi connectivity index (χ3v) is 8.22. The Kier molecular flexibility index (Phi) is 6.15. The van der Waals surface area contributed by atoms with Gasteiger partial charge in [-0.3, -0.25) is 13.9 Å². The van der Waals surface area contributed by atoms with Crippen molar-refractivity contribution in [3.05, 3.63) is 46.7 Å². The molecule has 12 heteroatoms. The second-order valence-corrected chi connectivity index (χ2v) is 12.2. The molecule has 196 valence electrons. The zero-order valence-corrected chi connectivity index (χ0v) is 22.3. The molecule has 3 fully saturated rings. The number of piperidine rings is 1. The van der Waals surface area contributed by atoms with Crippen molar-refractivity contribution in [3.63, 3.8) is 0 Å². The molecule has 5 heterocycles. The van der Waals surface area contributed by atoms with Gasteiger partial charge >= 0.3 is 0 Å². The van der Waals surface area contributed by atoms with E-state index in [0.29, 0.717) is 17.3 Å². The maximum absolute atomic E-state index is 13.8. The molecule has 3 aliphatic heterocycles. The van der Waals surface area contributed by atoms with Crippen molar-refractivity contribution in [2.45, 2.75) is 38.1 Å². The largest absolute Gasteiger partial charge is 0.357 e. The Labute approximate surface area is 221 Å². The van der Waals surface area contributed by atoms with Crippen LogP contribution in [0.2, 0.25) is 5.02 Å². The number of amides is 1. The van der Waals surface area contributed by atoms with Crippen LogP contribution >= 0.6 is 11.6 Å². The summed E-state index contributed by atoms with van der Waals surface area (Å²) < 4.78 is 28.4. The summed E-state index contributed by atoms with van der Waals surface area (Å²) in [6, 6.07) is 6.52. The average Bonchev–Trinajstić information content (AvgIpc) is 3.21. The number of anilines is 3. The van der Waals surface area contributed by atoms with E-state index >= 15 is 0 Å². The summed E-state index contributed by atoms with van der Waals surface area (Å²) in [6.45, 7) is 4.57. The SMILES string of the molecule is CS(=O)(=O)Nc1ccc(Cl)cc1C(=O)N1CCCCC1c1cn2c(N3CCC3)cc(N3CCC3)nc2n1. The zero-order valence-electron chi connectivity index (χ0n) is 20.7. The van der Waals surface area contributed by atoms with E-state index in [1.807, 2.05) is 10.6 Å². The first kappa shape index (κ1) is 24.3. The van der Waals surface area contributed by atoms with Crippen molar-refractivity contribution in [1.29, 1.82) is 0 Å². The van der Waals surface area contributed by atoms with Gasteiger partial charge in [0.25, 0.3) is 5.91 Å². The van der Waals surface area contributed by atoms with E-state index in [-0.39, 0.29) is 23.2 Å². The van der Waals surface area contributed by atoms with Crippen molar-refractivity contribution in [2.75, 3.05) is 53.5 Å². The number of likely N-dealkylation sites (tertiary alicyclic amines) is 1. The molecule has 1 unspecified atom stereocenters. The van der Waals surface area contributed by atoms with Gasteiger partial charge in [0.15, 0.2) is 0 Å². The molecule has 0 aliphatic carbocycles. The van der Waals surface area contributed by atoms with Gasteiger partial charge in [-0.15, -0.1) is 0 Å². The van der Waals surface area contributed by atoms with Crippen LogP contribution in [0.15, 0.2) is 30.5 Å². The predicted octanol–water partition coefficient (Wildman–Crippen LogP) is 3.54. The fraction of sp³-hybridized carbons (Fsp3) is 0.480. The number of carbonyl (C=O) groups excluding carboxylic acids is 1. The van der Waals surface area contributed by atoms with Crippen LogP contribution < -0.4 is 14.5 Å². The van der Waals surface area contributed by atoms with E-state index in [1.54, 1.807) is 11.0 Å². The third-order valence-electron chi connectivity index (χ3n) is 7.40. The molecule has 1 amide bonds. The van der Waals surface area contributed by atoms with Crippen LogP contribution in [0.25, 0.3) is 5.78 Å². The molecule has 37 heavy (non-hydrogen) atoms. The Morgan fingerprint density at radius 1 is 1.00 bits per heavy atom. The average molecular weight is 544 g/mol. The highest BCUT2D eigenvalue weighted by Gasteiger charge is 2.33. The first-order chi connectivity index (χ1) is 17.8. The minimum Gasteiger partial charge on any atom is -0.357 e. The van der Waals surface area contributed by atoms with Gasteiger partial charge in [-0.05, 0) is 50.3 Å². The molecule has 3 aliphatic rings. The van der Waals surface area contributed by atoms with Crippen LogP contribution in [0.5, 0.6) is 0 Å². The van der Waals surface area contributed by atoms with Gasteiger partial charge in [0.05, 0.1) is 29.2 Å². The van der Waals surface area contributed by atoms with E-state index in [0.717, 1.165) is 69.0 Å². The number of sulfonamides is 1. The van der Waals surface area contributed by atoms with E-state index in [2.05, 4.69) is 20.6 Å². The fourth-order valence-electron chi connectivity index (χ4n) is 5.23. The van der Waals surface area contributed by atoms with Gasteiger partial charge in [0, 0.05) is 50.0 Å². The summed E-state index contributed by atoms with van der Waals surface area (Å²) in [7, 11) is -3.57. The highest BCUT2D eigenvalue weighted by Crippen LogP contribution is 2.35. The van der Waals surface area contributed by atoms with E-state index in [9.17, 15) is 13.2 Å². The normalized spacial score (nSPS) is 20.1. The van der Waals surface area contributed by atoms with Crippen molar-refractivity contribution in [2.24, 2.45) is 0 Å². The minimum atomic E-state index is -3.57. The van der Waals surface area contributed by atoms with Crippen LogP contribution in [0.3, 0.4) is 0 Å². The molecule has 2 aromatic heterocycles. The molecule has 3 saturated heterocycles. The molecule has 10 nitrogen and oxygen atoms in total. The first-order valence-electron chi connectivity index (χ1n) is 12.7. The molecule has 1 atom stereocenters. The number of benzene rings is 1. The minimum absolute atomic E-state index is 0.220. The van der Waals surface area contributed by atoms with Crippen LogP contribution in [-0.2, 0) is 10.0 Å². The number of halogens is 1. The summed E-state index contributed by atoms with van der Waals surface area (Å²) in [6.07, 6.45) is 8.01. The van der Waals surface area contributed by atoms with Crippen molar-refractivity contribution in [1.82, 2.24) is 19.3 Å². The quantitative estimate of drug-likeness (QED) is 0.507. The van der Waals surface area contributed by atoms with Crippen molar-refractivity contribution >= 4 is 50.6 Å². The number of aromatic nitrogens is 3. The number of nitrogens with zero attached hydrogens (tertiary/aromatic N) is 6. The van der Waals surface area contributed by atoms with Gasteiger partial charge in [-0.2, -0.15) is 4.98 Å². The molecule has 6 rings (SSSR count). The Hall–Kier alpha value is -3.05. The van der Waals surface area contributed by atoms with Crippen LogP contribution in [-0.4, -0.2) is 72.6 Å². The molecule has 0 spiro atoms. The van der Waals surface area contributed by atoms with Gasteiger partial charge in [0.1, 0.15) is 11.6 Å². The summed E-state index contributed by atoms with van der Waals surface area (Å²) in [4.78, 5) is 30.0.